The Bertz CT molecular complexity index is 638. The summed E-state index contributed by atoms with van der Waals surface area (Å²) in [6.45, 7) is 3.37. The van der Waals surface area contributed by atoms with Crippen LogP contribution in [0, 0.1) is 0 Å². The van der Waals surface area contributed by atoms with Gasteiger partial charge in [-0.1, -0.05) is 0 Å². The van der Waals surface area contributed by atoms with E-state index in [4.69, 9.17) is 14.2 Å². The van der Waals surface area contributed by atoms with Gasteiger partial charge in [-0.2, -0.15) is 0 Å². The summed E-state index contributed by atoms with van der Waals surface area (Å²) in [4.78, 5) is 27.5. The molecular weight excluding hydrogens is 306 g/mol. The van der Waals surface area contributed by atoms with E-state index in [2.05, 4.69) is 9.88 Å². The van der Waals surface area contributed by atoms with Crippen molar-refractivity contribution in [1.82, 2.24) is 14.5 Å². The predicted molar refractivity (Wildman–Crippen MR) is 79.3 cm³/mol. The number of ether oxygens (including phenoxy) is 3. The molecule has 0 radical (unpaired) electrons. The fourth-order valence-corrected chi connectivity index (χ4v) is 3.01. The van der Waals surface area contributed by atoms with Crippen LogP contribution in [0.25, 0.3) is 0 Å². The molecule has 23 heavy (non-hydrogen) atoms. The van der Waals surface area contributed by atoms with Gasteiger partial charge in [0.2, 0.25) is 0 Å². The predicted octanol–water partition coefficient (Wildman–Crippen LogP) is -1.86. The van der Waals surface area contributed by atoms with Crippen LogP contribution in [0.2, 0.25) is 0 Å². The topological polar surface area (TPSA) is 106 Å². The van der Waals surface area contributed by atoms with Gasteiger partial charge < -0.3 is 19.3 Å². The van der Waals surface area contributed by atoms with Crippen molar-refractivity contribution < 1.29 is 19.3 Å². The number of hydrogen-bond acceptors (Lipinski definition) is 7. The van der Waals surface area contributed by atoms with E-state index in [1.54, 1.807) is 0 Å². The molecule has 1 aromatic rings. The fourth-order valence-electron chi connectivity index (χ4n) is 3.01. The number of nitrogens with one attached hydrogen (secondary N) is 1. The SMILES string of the molecule is COC1C(O)[C@@H](CN2CCOCC2)O[C@H]1n1ccc(=O)[nH]c1=O. The van der Waals surface area contributed by atoms with E-state index in [0.29, 0.717) is 19.8 Å². The Labute approximate surface area is 132 Å². The molecule has 2 aliphatic rings. The maximum atomic E-state index is 12.0. The molecule has 2 fully saturated rings. The molecule has 0 spiro atoms. The first-order chi connectivity index (χ1) is 11.1. The van der Waals surface area contributed by atoms with Crippen LogP contribution in [0.4, 0.5) is 0 Å². The Kier molecular flexibility index (Phi) is 4.93. The van der Waals surface area contributed by atoms with Gasteiger partial charge in [-0.3, -0.25) is 19.2 Å². The van der Waals surface area contributed by atoms with Crippen LogP contribution in [0.15, 0.2) is 21.9 Å². The van der Waals surface area contributed by atoms with E-state index in [0.717, 1.165) is 13.1 Å². The number of methoxy groups -OCH3 is 1. The molecule has 0 saturated carbocycles. The lowest BCUT2D eigenvalue weighted by atomic mass is 10.1. The van der Waals surface area contributed by atoms with Gasteiger partial charge in [-0.25, -0.2) is 4.79 Å². The summed E-state index contributed by atoms with van der Waals surface area (Å²) in [7, 11) is 1.46. The molecule has 4 atom stereocenters. The summed E-state index contributed by atoms with van der Waals surface area (Å²) >= 11 is 0. The minimum Gasteiger partial charge on any atom is -0.387 e. The van der Waals surface area contributed by atoms with Crippen molar-refractivity contribution in [2.24, 2.45) is 0 Å². The highest BCUT2D eigenvalue weighted by molar-refractivity contribution is 4.95. The lowest BCUT2D eigenvalue weighted by molar-refractivity contribution is -0.0641. The molecule has 0 bridgehead atoms. The summed E-state index contributed by atoms with van der Waals surface area (Å²) in [5, 5.41) is 10.5. The van der Waals surface area contributed by atoms with Crippen LogP contribution in [0.3, 0.4) is 0 Å². The molecule has 2 saturated heterocycles. The molecule has 0 aliphatic carbocycles. The average Bonchev–Trinajstić information content (AvgIpc) is 2.84. The molecule has 9 nitrogen and oxygen atoms in total. The second kappa shape index (κ2) is 6.93. The van der Waals surface area contributed by atoms with Gasteiger partial charge in [-0.05, 0) is 0 Å². The number of aromatic amines is 1. The largest absolute Gasteiger partial charge is 0.387 e. The summed E-state index contributed by atoms with van der Waals surface area (Å²) in [5.41, 5.74) is -1.08. The Hall–Kier alpha value is -1.52. The highest BCUT2D eigenvalue weighted by atomic mass is 16.6. The number of H-pyrrole nitrogens is 1. The molecule has 2 N–H and O–H groups in total. The highest BCUT2D eigenvalue weighted by Gasteiger charge is 2.45. The van der Waals surface area contributed by atoms with Crippen molar-refractivity contribution in [3.05, 3.63) is 33.1 Å². The molecule has 128 valence electrons. The molecule has 3 heterocycles. The monoisotopic (exact) mass is 327 g/mol. The van der Waals surface area contributed by atoms with Crippen LogP contribution in [-0.4, -0.2) is 77.8 Å². The van der Waals surface area contributed by atoms with Crippen molar-refractivity contribution in [3.8, 4) is 0 Å². The van der Waals surface area contributed by atoms with Gasteiger partial charge in [-0.15, -0.1) is 0 Å². The number of morpholine rings is 1. The van der Waals surface area contributed by atoms with Gasteiger partial charge in [0, 0.05) is 39.0 Å². The van der Waals surface area contributed by atoms with E-state index in [1.807, 2.05) is 0 Å². The third kappa shape index (κ3) is 3.38. The molecule has 2 aliphatic heterocycles. The summed E-state index contributed by atoms with van der Waals surface area (Å²) in [6, 6.07) is 1.24. The van der Waals surface area contributed by atoms with E-state index >= 15 is 0 Å². The van der Waals surface area contributed by atoms with Gasteiger partial charge in [0.1, 0.15) is 18.3 Å². The zero-order chi connectivity index (χ0) is 16.4. The van der Waals surface area contributed by atoms with Crippen LogP contribution >= 0.6 is 0 Å². The minimum absolute atomic E-state index is 0.483. The fraction of sp³-hybridized carbons (Fsp3) is 0.714. The highest BCUT2D eigenvalue weighted by Crippen LogP contribution is 2.30. The Balaban J connectivity index is 1.78. The van der Waals surface area contributed by atoms with Gasteiger partial charge in [0.25, 0.3) is 5.56 Å². The van der Waals surface area contributed by atoms with Gasteiger partial charge >= 0.3 is 5.69 Å². The molecule has 2 unspecified atom stereocenters. The van der Waals surface area contributed by atoms with Crippen LogP contribution in [0.1, 0.15) is 6.23 Å². The molecular formula is C14H21N3O6. The summed E-state index contributed by atoms with van der Waals surface area (Å²) in [6.07, 6.45) is -1.48. The molecule has 3 rings (SSSR count). The van der Waals surface area contributed by atoms with E-state index < -0.39 is 35.8 Å². The van der Waals surface area contributed by atoms with Crippen LogP contribution < -0.4 is 11.2 Å². The first kappa shape index (κ1) is 16.3. The smallest absolute Gasteiger partial charge is 0.330 e. The third-order valence-corrected chi connectivity index (χ3v) is 4.25. The van der Waals surface area contributed by atoms with Crippen LogP contribution in [0.5, 0.6) is 0 Å². The van der Waals surface area contributed by atoms with Crippen LogP contribution in [-0.2, 0) is 14.2 Å². The second-order valence-corrected chi connectivity index (χ2v) is 5.69. The number of aliphatic hydroxyl groups excluding tert-OH is 1. The van der Waals surface area contributed by atoms with Crippen molar-refractivity contribution in [1.29, 1.82) is 0 Å². The number of aromatic nitrogens is 2. The van der Waals surface area contributed by atoms with Crippen molar-refractivity contribution >= 4 is 0 Å². The maximum Gasteiger partial charge on any atom is 0.330 e. The van der Waals surface area contributed by atoms with Gasteiger partial charge in [0.15, 0.2) is 6.23 Å². The molecule has 0 aromatic carbocycles. The quantitative estimate of drug-likeness (QED) is 0.668. The summed E-state index contributed by atoms with van der Waals surface area (Å²) < 4.78 is 17.7. The maximum absolute atomic E-state index is 12.0. The number of nitrogens with zero attached hydrogens (tertiary/aromatic N) is 2. The zero-order valence-corrected chi connectivity index (χ0v) is 12.9. The Morgan fingerprint density at radius 3 is 2.78 bits per heavy atom. The lowest BCUT2D eigenvalue weighted by Gasteiger charge is -2.29. The van der Waals surface area contributed by atoms with Gasteiger partial charge in [0.05, 0.1) is 13.2 Å². The lowest BCUT2D eigenvalue weighted by Crippen LogP contribution is -2.45. The van der Waals surface area contributed by atoms with E-state index in [-0.39, 0.29) is 0 Å². The standard InChI is InChI=1S/C14H21N3O6/c1-21-12-11(19)9(8-16-4-6-22-7-5-16)23-13(12)17-3-2-10(18)15-14(17)20/h2-3,9,11-13,19H,4-8H2,1H3,(H,15,18,20)/t9-,11?,12?,13-/m1/s1. The molecule has 1 aromatic heterocycles. The van der Waals surface area contributed by atoms with Crippen molar-refractivity contribution in [3.63, 3.8) is 0 Å². The Morgan fingerprint density at radius 2 is 2.13 bits per heavy atom. The van der Waals surface area contributed by atoms with Crippen molar-refractivity contribution in [2.75, 3.05) is 40.0 Å². The summed E-state index contributed by atoms with van der Waals surface area (Å²) in [5.74, 6) is 0. The molecule has 9 heteroatoms. The van der Waals surface area contributed by atoms with E-state index in [9.17, 15) is 14.7 Å². The first-order valence-corrected chi connectivity index (χ1v) is 7.58. The van der Waals surface area contributed by atoms with E-state index in [1.165, 1.54) is 23.9 Å². The third-order valence-electron chi connectivity index (χ3n) is 4.25. The zero-order valence-electron chi connectivity index (χ0n) is 12.9. The number of hydrogen-bond donors (Lipinski definition) is 2. The number of aliphatic hydroxyl groups is 1. The normalized spacial score (nSPS) is 32.3. The molecule has 0 amide bonds. The average molecular weight is 327 g/mol. The Morgan fingerprint density at radius 1 is 1.39 bits per heavy atom. The minimum atomic E-state index is -0.869. The first-order valence-electron chi connectivity index (χ1n) is 7.58. The number of rotatable bonds is 4. The van der Waals surface area contributed by atoms with Crippen molar-refractivity contribution in [2.45, 2.75) is 24.5 Å². The second-order valence-electron chi connectivity index (χ2n) is 5.69.